The van der Waals surface area contributed by atoms with E-state index in [1.165, 1.54) is 35.6 Å². The van der Waals surface area contributed by atoms with Gasteiger partial charge in [-0.05, 0) is 36.6 Å². The van der Waals surface area contributed by atoms with Crippen LogP contribution in [0.1, 0.15) is 28.6 Å². The molecule has 0 radical (unpaired) electrons. The van der Waals surface area contributed by atoms with Crippen molar-refractivity contribution in [2.75, 3.05) is 0 Å². The van der Waals surface area contributed by atoms with E-state index in [4.69, 9.17) is 9.47 Å². The normalized spacial score (nSPS) is 20.0. The third-order valence-corrected chi connectivity index (χ3v) is 6.05. The standard InChI is InChI=1S/C17H17NO6S2/c1-11-8-15(17(20)23-11)24-16(19)12-4-2-6-14(9-12)26(21,22)18-10-13-5-3-7-25-13/h2-7,9,11,15,18H,8,10H2,1H3. The van der Waals surface area contributed by atoms with Crippen molar-refractivity contribution in [1.29, 1.82) is 0 Å². The lowest BCUT2D eigenvalue weighted by atomic mass is 10.2. The lowest BCUT2D eigenvalue weighted by Crippen LogP contribution is -2.24. The van der Waals surface area contributed by atoms with Crippen LogP contribution in [0.2, 0.25) is 0 Å². The van der Waals surface area contributed by atoms with Crippen LogP contribution in [0.4, 0.5) is 0 Å². The quantitative estimate of drug-likeness (QED) is 0.752. The van der Waals surface area contributed by atoms with Gasteiger partial charge in [0.15, 0.2) is 0 Å². The number of nitrogens with one attached hydrogen (secondary N) is 1. The van der Waals surface area contributed by atoms with Crippen LogP contribution >= 0.6 is 11.3 Å². The average molecular weight is 395 g/mol. The number of hydrogen-bond donors (Lipinski definition) is 1. The molecular weight excluding hydrogens is 378 g/mol. The molecule has 9 heteroatoms. The van der Waals surface area contributed by atoms with Crippen molar-refractivity contribution < 1.29 is 27.5 Å². The lowest BCUT2D eigenvalue weighted by Gasteiger charge is -2.10. The Morgan fingerprint density at radius 1 is 1.35 bits per heavy atom. The van der Waals surface area contributed by atoms with E-state index in [9.17, 15) is 18.0 Å². The molecule has 0 amide bonds. The van der Waals surface area contributed by atoms with E-state index in [2.05, 4.69) is 4.72 Å². The summed E-state index contributed by atoms with van der Waals surface area (Å²) in [5.74, 6) is -1.36. The molecule has 2 unspecified atom stereocenters. The molecule has 1 aliphatic rings. The maximum Gasteiger partial charge on any atom is 0.347 e. The highest BCUT2D eigenvalue weighted by Crippen LogP contribution is 2.20. The molecule has 1 N–H and O–H groups in total. The van der Waals surface area contributed by atoms with Crippen molar-refractivity contribution in [2.24, 2.45) is 0 Å². The Bertz CT molecular complexity index is 907. The van der Waals surface area contributed by atoms with Crippen molar-refractivity contribution in [1.82, 2.24) is 4.72 Å². The first-order chi connectivity index (χ1) is 12.3. The Balaban J connectivity index is 1.70. The van der Waals surface area contributed by atoms with E-state index in [-0.39, 0.29) is 29.5 Å². The number of benzene rings is 1. The second-order valence-corrected chi connectivity index (χ2v) is 8.61. The topological polar surface area (TPSA) is 98.8 Å². The highest BCUT2D eigenvalue weighted by molar-refractivity contribution is 7.89. The molecule has 3 rings (SSSR count). The van der Waals surface area contributed by atoms with Gasteiger partial charge in [0.1, 0.15) is 6.10 Å². The van der Waals surface area contributed by atoms with Gasteiger partial charge in [-0.3, -0.25) is 0 Å². The highest BCUT2D eigenvalue weighted by atomic mass is 32.2. The molecule has 0 bridgehead atoms. The minimum absolute atomic E-state index is 0.0501. The van der Waals surface area contributed by atoms with Crippen LogP contribution in [0.15, 0.2) is 46.7 Å². The number of carbonyl (C=O) groups excluding carboxylic acids is 2. The monoisotopic (exact) mass is 395 g/mol. The van der Waals surface area contributed by atoms with Gasteiger partial charge < -0.3 is 9.47 Å². The molecule has 0 aliphatic carbocycles. The summed E-state index contributed by atoms with van der Waals surface area (Å²) < 4.78 is 37.4. The molecule has 1 aliphatic heterocycles. The van der Waals surface area contributed by atoms with Crippen LogP contribution in [-0.4, -0.2) is 32.6 Å². The molecule has 7 nitrogen and oxygen atoms in total. The van der Waals surface area contributed by atoms with Gasteiger partial charge in [0.25, 0.3) is 0 Å². The number of esters is 2. The fraction of sp³-hybridized carbons (Fsp3) is 0.294. The third-order valence-electron chi connectivity index (χ3n) is 3.77. The van der Waals surface area contributed by atoms with Crippen molar-refractivity contribution in [2.45, 2.75) is 37.0 Å². The molecule has 2 aromatic rings. The van der Waals surface area contributed by atoms with Crippen molar-refractivity contribution >= 4 is 33.3 Å². The summed E-state index contributed by atoms with van der Waals surface area (Å²) in [5.41, 5.74) is 0.0522. The summed E-state index contributed by atoms with van der Waals surface area (Å²) >= 11 is 1.44. The van der Waals surface area contributed by atoms with Crippen molar-refractivity contribution in [3.63, 3.8) is 0 Å². The lowest BCUT2D eigenvalue weighted by molar-refractivity contribution is -0.147. The zero-order valence-electron chi connectivity index (χ0n) is 13.9. The zero-order chi connectivity index (χ0) is 18.7. The summed E-state index contributed by atoms with van der Waals surface area (Å²) in [4.78, 5) is 24.6. The van der Waals surface area contributed by atoms with Crippen LogP contribution < -0.4 is 4.72 Å². The van der Waals surface area contributed by atoms with Gasteiger partial charge in [-0.1, -0.05) is 12.1 Å². The zero-order valence-corrected chi connectivity index (χ0v) is 15.5. The Kier molecular flexibility index (Phi) is 5.40. The number of thiophene rings is 1. The smallest absolute Gasteiger partial charge is 0.347 e. The summed E-state index contributed by atoms with van der Waals surface area (Å²) in [7, 11) is -3.78. The Hall–Kier alpha value is -2.23. The molecule has 1 fully saturated rings. The number of carbonyl (C=O) groups is 2. The van der Waals surface area contributed by atoms with Crippen molar-refractivity contribution in [3.05, 3.63) is 52.2 Å². The molecule has 0 spiro atoms. The average Bonchev–Trinajstić information content (AvgIpc) is 3.23. The second-order valence-electron chi connectivity index (χ2n) is 5.81. The number of hydrogen-bond acceptors (Lipinski definition) is 7. The van der Waals surface area contributed by atoms with E-state index < -0.39 is 28.1 Å². The second kappa shape index (κ2) is 7.56. The van der Waals surface area contributed by atoms with Crippen LogP contribution in [0.5, 0.6) is 0 Å². The molecule has 1 aromatic heterocycles. The number of sulfonamides is 1. The van der Waals surface area contributed by atoms with E-state index in [0.29, 0.717) is 0 Å². The van der Waals surface area contributed by atoms with E-state index >= 15 is 0 Å². The molecule has 1 saturated heterocycles. The predicted molar refractivity (Wildman–Crippen MR) is 94.2 cm³/mol. The van der Waals surface area contributed by atoms with Gasteiger partial charge in [-0.2, -0.15) is 0 Å². The number of ether oxygens (including phenoxy) is 2. The third kappa shape index (κ3) is 4.29. The molecule has 2 atom stereocenters. The molecule has 138 valence electrons. The fourth-order valence-corrected chi connectivity index (χ4v) is 4.25. The van der Waals surface area contributed by atoms with Crippen LogP contribution in [0.25, 0.3) is 0 Å². The Morgan fingerprint density at radius 2 is 2.15 bits per heavy atom. The van der Waals surface area contributed by atoms with Crippen LogP contribution in [-0.2, 0) is 30.8 Å². The van der Waals surface area contributed by atoms with E-state index in [1.807, 2.05) is 17.5 Å². The Morgan fingerprint density at radius 3 is 2.81 bits per heavy atom. The molecule has 0 saturated carbocycles. The minimum Gasteiger partial charge on any atom is -0.460 e. The van der Waals surface area contributed by atoms with E-state index in [1.54, 1.807) is 6.92 Å². The van der Waals surface area contributed by atoms with Crippen LogP contribution in [0.3, 0.4) is 0 Å². The van der Waals surface area contributed by atoms with Gasteiger partial charge >= 0.3 is 11.9 Å². The molecule has 2 heterocycles. The van der Waals surface area contributed by atoms with Gasteiger partial charge in [0.05, 0.1) is 10.5 Å². The highest BCUT2D eigenvalue weighted by Gasteiger charge is 2.35. The predicted octanol–water partition coefficient (Wildman–Crippen LogP) is 2.09. The van der Waals surface area contributed by atoms with Gasteiger partial charge in [-0.25, -0.2) is 22.7 Å². The van der Waals surface area contributed by atoms with Gasteiger partial charge in [-0.15, -0.1) is 11.3 Å². The van der Waals surface area contributed by atoms with Crippen LogP contribution in [0, 0.1) is 0 Å². The van der Waals surface area contributed by atoms with E-state index in [0.717, 1.165) is 4.88 Å². The molecule has 26 heavy (non-hydrogen) atoms. The summed E-state index contributed by atoms with van der Waals surface area (Å²) in [6.45, 7) is 1.87. The summed E-state index contributed by atoms with van der Waals surface area (Å²) in [6, 6.07) is 9.15. The minimum atomic E-state index is -3.78. The van der Waals surface area contributed by atoms with Crippen molar-refractivity contribution in [3.8, 4) is 0 Å². The largest absolute Gasteiger partial charge is 0.460 e. The van der Waals surface area contributed by atoms with Gasteiger partial charge in [0, 0.05) is 17.8 Å². The fourth-order valence-electron chi connectivity index (χ4n) is 2.47. The maximum absolute atomic E-state index is 12.4. The molecular formula is C17H17NO6S2. The maximum atomic E-state index is 12.4. The first-order valence-electron chi connectivity index (χ1n) is 7.89. The first kappa shape index (κ1) is 18.6. The van der Waals surface area contributed by atoms with Gasteiger partial charge in [0.2, 0.25) is 16.1 Å². The molecule has 1 aromatic carbocycles. The summed E-state index contributed by atoms with van der Waals surface area (Å²) in [5, 5.41) is 1.86. The number of rotatable bonds is 6. The Labute approximate surface area is 155 Å². The summed E-state index contributed by atoms with van der Waals surface area (Å²) in [6.07, 6.45) is -0.992. The number of cyclic esters (lactones) is 1. The SMILES string of the molecule is CC1CC(OC(=O)c2cccc(S(=O)(=O)NCc3cccs3)c2)C(=O)O1. The first-order valence-corrected chi connectivity index (χ1v) is 10.2.